The van der Waals surface area contributed by atoms with Gasteiger partial charge in [0.25, 0.3) is 0 Å². The summed E-state index contributed by atoms with van der Waals surface area (Å²) in [6.45, 7) is 3.53. The lowest BCUT2D eigenvalue weighted by Gasteiger charge is -2.11. The van der Waals surface area contributed by atoms with Gasteiger partial charge in [-0.2, -0.15) is 5.10 Å². The van der Waals surface area contributed by atoms with Crippen LogP contribution in [0.4, 0.5) is 4.79 Å². The van der Waals surface area contributed by atoms with Gasteiger partial charge in [-0.3, -0.25) is 0 Å². The van der Waals surface area contributed by atoms with E-state index in [-0.39, 0.29) is 12.1 Å². The number of fused-ring (bicyclic) bond motifs is 1. The summed E-state index contributed by atoms with van der Waals surface area (Å²) in [7, 11) is 0. The molecule has 1 aromatic heterocycles. The Bertz CT molecular complexity index is 378. The van der Waals surface area contributed by atoms with Crippen LogP contribution in [0.5, 0.6) is 5.88 Å². The van der Waals surface area contributed by atoms with Crippen molar-refractivity contribution >= 4 is 6.09 Å². The summed E-state index contributed by atoms with van der Waals surface area (Å²) in [6, 6.07) is 1.86. The van der Waals surface area contributed by atoms with Crippen LogP contribution in [0.1, 0.15) is 25.8 Å². The van der Waals surface area contributed by atoms with Gasteiger partial charge in [-0.05, 0) is 6.42 Å². The van der Waals surface area contributed by atoms with Gasteiger partial charge in [-0.25, -0.2) is 9.48 Å². The van der Waals surface area contributed by atoms with Crippen LogP contribution in [0.15, 0.2) is 12.3 Å². The SMILES string of the molecule is CCCCOC(=O)NCC1COc2ccnn21. The zero-order valence-corrected chi connectivity index (χ0v) is 9.89. The molecule has 1 aliphatic rings. The van der Waals surface area contributed by atoms with Crippen LogP contribution in [0.2, 0.25) is 0 Å². The Hall–Kier alpha value is -1.72. The van der Waals surface area contributed by atoms with Crippen LogP contribution in [0.25, 0.3) is 0 Å². The van der Waals surface area contributed by atoms with Crippen molar-refractivity contribution < 1.29 is 14.3 Å². The van der Waals surface area contributed by atoms with Crippen LogP contribution in [0.3, 0.4) is 0 Å². The molecule has 0 saturated carbocycles. The number of nitrogens with one attached hydrogen (secondary N) is 1. The molecule has 1 amide bonds. The first-order valence-corrected chi connectivity index (χ1v) is 5.88. The number of hydrogen-bond donors (Lipinski definition) is 1. The first-order valence-electron chi connectivity index (χ1n) is 5.88. The summed E-state index contributed by atoms with van der Waals surface area (Å²) in [5.41, 5.74) is 0. The van der Waals surface area contributed by atoms with Crippen molar-refractivity contribution in [2.75, 3.05) is 19.8 Å². The van der Waals surface area contributed by atoms with Gasteiger partial charge in [0.2, 0.25) is 5.88 Å². The average Bonchev–Trinajstić information content (AvgIpc) is 2.89. The number of aromatic nitrogens is 2. The molecule has 1 N–H and O–H groups in total. The summed E-state index contributed by atoms with van der Waals surface area (Å²) < 4.78 is 12.2. The number of ether oxygens (including phenoxy) is 2. The van der Waals surface area contributed by atoms with Crippen LogP contribution in [0, 0.1) is 0 Å². The topological polar surface area (TPSA) is 65.4 Å². The van der Waals surface area contributed by atoms with Gasteiger partial charge < -0.3 is 14.8 Å². The number of amides is 1. The molecule has 0 saturated heterocycles. The van der Waals surface area contributed by atoms with E-state index in [9.17, 15) is 4.79 Å². The molecule has 1 aliphatic heterocycles. The lowest BCUT2D eigenvalue weighted by atomic mass is 10.3. The number of carbonyl (C=O) groups is 1. The number of unbranched alkanes of at least 4 members (excludes halogenated alkanes) is 1. The van der Waals surface area contributed by atoms with Crippen molar-refractivity contribution in [2.45, 2.75) is 25.8 Å². The highest BCUT2D eigenvalue weighted by Gasteiger charge is 2.24. The van der Waals surface area contributed by atoms with Gasteiger partial charge in [0.15, 0.2) is 0 Å². The maximum absolute atomic E-state index is 11.3. The van der Waals surface area contributed by atoms with E-state index in [4.69, 9.17) is 9.47 Å². The zero-order chi connectivity index (χ0) is 12.1. The molecule has 17 heavy (non-hydrogen) atoms. The Morgan fingerprint density at radius 3 is 3.47 bits per heavy atom. The van der Waals surface area contributed by atoms with Crippen LogP contribution in [-0.4, -0.2) is 35.6 Å². The fourth-order valence-corrected chi connectivity index (χ4v) is 1.65. The van der Waals surface area contributed by atoms with Gasteiger partial charge in [0, 0.05) is 12.6 Å². The summed E-state index contributed by atoms with van der Waals surface area (Å²) >= 11 is 0. The molecule has 94 valence electrons. The first kappa shape index (κ1) is 11.8. The Kier molecular flexibility index (Phi) is 3.85. The quantitative estimate of drug-likeness (QED) is 0.787. The Balaban J connectivity index is 1.71. The average molecular weight is 239 g/mol. The highest BCUT2D eigenvalue weighted by atomic mass is 16.5. The molecule has 0 spiro atoms. The second kappa shape index (κ2) is 5.56. The summed E-state index contributed by atoms with van der Waals surface area (Å²) in [5, 5.41) is 6.84. The number of nitrogens with zero attached hydrogens (tertiary/aromatic N) is 2. The van der Waals surface area contributed by atoms with Crippen molar-refractivity contribution in [3.8, 4) is 5.88 Å². The molecule has 1 unspecified atom stereocenters. The molecule has 2 heterocycles. The highest BCUT2D eigenvalue weighted by Crippen LogP contribution is 2.23. The minimum Gasteiger partial charge on any atom is -0.475 e. The molecule has 0 bridgehead atoms. The van der Waals surface area contributed by atoms with Gasteiger partial charge in [0.05, 0.1) is 12.8 Å². The Morgan fingerprint density at radius 2 is 2.65 bits per heavy atom. The maximum atomic E-state index is 11.3. The standard InChI is InChI=1S/C11H17N3O3/c1-2-3-6-16-11(15)12-7-9-8-17-10-4-5-13-14(9)10/h4-5,9H,2-3,6-8H2,1H3,(H,12,15). The van der Waals surface area contributed by atoms with Gasteiger partial charge in [-0.1, -0.05) is 13.3 Å². The second-order valence-electron chi connectivity index (χ2n) is 3.95. The molecule has 1 aromatic rings. The minimum atomic E-state index is -0.376. The fraction of sp³-hybridized carbons (Fsp3) is 0.636. The smallest absolute Gasteiger partial charge is 0.407 e. The molecule has 2 rings (SSSR count). The molecular weight excluding hydrogens is 222 g/mol. The van der Waals surface area contributed by atoms with E-state index in [1.54, 1.807) is 16.9 Å². The van der Waals surface area contributed by atoms with Crippen LogP contribution >= 0.6 is 0 Å². The number of carbonyl (C=O) groups excluding carboxylic acids is 1. The maximum Gasteiger partial charge on any atom is 0.407 e. The first-order chi connectivity index (χ1) is 8.31. The predicted molar refractivity (Wildman–Crippen MR) is 61.0 cm³/mol. The number of hydrogen-bond acceptors (Lipinski definition) is 4. The minimum absolute atomic E-state index is 0.0544. The molecule has 0 aliphatic carbocycles. The Morgan fingerprint density at radius 1 is 1.76 bits per heavy atom. The summed E-state index contributed by atoms with van der Waals surface area (Å²) in [6.07, 6.45) is 3.21. The van der Waals surface area contributed by atoms with Crippen molar-refractivity contribution in [2.24, 2.45) is 0 Å². The zero-order valence-electron chi connectivity index (χ0n) is 9.89. The lowest BCUT2D eigenvalue weighted by Crippen LogP contribution is -2.31. The fourth-order valence-electron chi connectivity index (χ4n) is 1.65. The van der Waals surface area contributed by atoms with E-state index in [1.807, 2.05) is 0 Å². The molecule has 1 atom stereocenters. The van der Waals surface area contributed by atoms with E-state index in [1.165, 1.54) is 0 Å². The largest absolute Gasteiger partial charge is 0.475 e. The van der Waals surface area contributed by atoms with Gasteiger partial charge >= 0.3 is 6.09 Å². The molecule has 0 aromatic carbocycles. The Labute approximate surface area is 99.9 Å². The van der Waals surface area contributed by atoms with Crippen molar-refractivity contribution in [1.29, 1.82) is 0 Å². The van der Waals surface area contributed by atoms with Crippen LogP contribution in [-0.2, 0) is 4.74 Å². The van der Waals surface area contributed by atoms with E-state index in [2.05, 4.69) is 17.3 Å². The molecular formula is C11H17N3O3. The molecule has 6 nitrogen and oxygen atoms in total. The van der Waals surface area contributed by atoms with E-state index in [0.29, 0.717) is 19.8 Å². The predicted octanol–water partition coefficient (Wildman–Crippen LogP) is 1.34. The van der Waals surface area contributed by atoms with Crippen molar-refractivity contribution in [1.82, 2.24) is 15.1 Å². The van der Waals surface area contributed by atoms with Gasteiger partial charge in [0.1, 0.15) is 12.6 Å². The lowest BCUT2D eigenvalue weighted by molar-refractivity contribution is 0.142. The van der Waals surface area contributed by atoms with E-state index in [0.717, 1.165) is 18.7 Å². The number of rotatable bonds is 5. The molecule has 6 heteroatoms. The summed E-state index contributed by atoms with van der Waals surface area (Å²) in [4.78, 5) is 11.3. The van der Waals surface area contributed by atoms with E-state index >= 15 is 0 Å². The number of alkyl carbamates (subject to hydrolysis) is 1. The second-order valence-corrected chi connectivity index (χ2v) is 3.95. The normalized spacial score (nSPS) is 17.4. The van der Waals surface area contributed by atoms with Crippen molar-refractivity contribution in [3.63, 3.8) is 0 Å². The highest BCUT2D eigenvalue weighted by molar-refractivity contribution is 5.67. The summed E-state index contributed by atoms with van der Waals surface area (Å²) in [5.74, 6) is 0.746. The third kappa shape index (κ3) is 2.89. The molecule has 0 fully saturated rings. The molecule has 0 radical (unpaired) electrons. The van der Waals surface area contributed by atoms with Crippen molar-refractivity contribution in [3.05, 3.63) is 12.3 Å². The van der Waals surface area contributed by atoms with Gasteiger partial charge in [-0.15, -0.1) is 0 Å². The van der Waals surface area contributed by atoms with Crippen LogP contribution < -0.4 is 10.1 Å². The third-order valence-corrected chi connectivity index (χ3v) is 2.62. The van der Waals surface area contributed by atoms with E-state index < -0.39 is 0 Å². The third-order valence-electron chi connectivity index (χ3n) is 2.62. The monoisotopic (exact) mass is 239 g/mol.